The van der Waals surface area contributed by atoms with Crippen LogP contribution in [0.3, 0.4) is 0 Å². The molecule has 100 valence electrons. The van der Waals surface area contributed by atoms with E-state index >= 15 is 0 Å². The number of rotatable bonds is 2. The summed E-state index contributed by atoms with van der Waals surface area (Å²) in [6.07, 6.45) is 2.48. The summed E-state index contributed by atoms with van der Waals surface area (Å²) in [5, 5.41) is 12.8. The number of aliphatic hydroxyl groups is 1. The second kappa shape index (κ2) is 4.84. The highest BCUT2D eigenvalue weighted by Gasteiger charge is 2.37. The van der Waals surface area contributed by atoms with E-state index < -0.39 is 15.6 Å². The van der Waals surface area contributed by atoms with Crippen LogP contribution in [0.4, 0.5) is 0 Å². The van der Waals surface area contributed by atoms with Gasteiger partial charge in [-0.1, -0.05) is 0 Å². The Balaban J connectivity index is 2.01. The zero-order valence-corrected chi connectivity index (χ0v) is 11.2. The fourth-order valence-electron chi connectivity index (χ4n) is 2.53. The fraction of sp³-hybridized carbons (Fsp3) is 1.00. The molecule has 2 saturated heterocycles. The topological polar surface area (TPSA) is 69.6 Å². The highest BCUT2D eigenvalue weighted by Crippen LogP contribution is 2.26. The van der Waals surface area contributed by atoms with E-state index in [0.717, 1.165) is 13.1 Å². The lowest BCUT2D eigenvalue weighted by Crippen LogP contribution is -2.49. The second-order valence-corrected chi connectivity index (χ2v) is 7.60. The molecule has 0 radical (unpaired) electrons. The molecule has 0 aliphatic carbocycles. The Morgan fingerprint density at radius 2 is 1.76 bits per heavy atom. The van der Waals surface area contributed by atoms with Crippen molar-refractivity contribution in [3.63, 3.8) is 0 Å². The first-order valence-electron chi connectivity index (χ1n) is 6.34. The van der Waals surface area contributed by atoms with Crippen LogP contribution in [-0.4, -0.2) is 54.9 Å². The summed E-state index contributed by atoms with van der Waals surface area (Å²) in [5.74, 6) is 0. The van der Waals surface area contributed by atoms with Crippen LogP contribution in [0.5, 0.6) is 0 Å². The second-order valence-electron chi connectivity index (χ2n) is 5.39. The molecular weight excluding hydrogens is 240 g/mol. The van der Waals surface area contributed by atoms with Crippen LogP contribution >= 0.6 is 0 Å². The van der Waals surface area contributed by atoms with Gasteiger partial charge in [0.2, 0.25) is 10.0 Å². The van der Waals surface area contributed by atoms with Crippen molar-refractivity contribution in [2.24, 2.45) is 0 Å². The Morgan fingerprint density at radius 3 is 2.29 bits per heavy atom. The first-order chi connectivity index (χ1) is 7.92. The van der Waals surface area contributed by atoms with Crippen molar-refractivity contribution in [2.45, 2.75) is 43.5 Å². The zero-order chi connectivity index (χ0) is 12.5. The monoisotopic (exact) mass is 262 g/mol. The van der Waals surface area contributed by atoms with Gasteiger partial charge >= 0.3 is 0 Å². The maximum Gasteiger partial charge on any atom is 0.217 e. The van der Waals surface area contributed by atoms with Gasteiger partial charge in [-0.05, 0) is 45.7 Å². The molecule has 0 aromatic heterocycles. The van der Waals surface area contributed by atoms with Crippen LogP contribution in [0.2, 0.25) is 0 Å². The quantitative estimate of drug-likeness (QED) is 0.730. The van der Waals surface area contributed by atoms with E-state index in [2.05, 4.69) is 5.32 Å². The summed E-state index contributed by atoms with van der Waals surface area (Å²) in [7, 11) is -3.15. The van der Waals surface area contributed by atoms with Crippen molar-refractivity contribution in [1.82, 2.24) is 9.62 Å². The standard InChI is InChI=1S/C11H22N2O3S/c1-11(14)4-8-13(9-5-11)17(15,16)10-2-6-12-7-3-10/h10,12,14H,2-9H2,1H3. The average molecular weight is 262 g/mol. The number of hydrogen-bond acceptors (Lipinski definition) is 4. The Hall–Kier alpha value is -0.170. The molecule has 2 fully saturated rings. The minimum Gasteiger partial charge on any atom is -0.390 e. The normalized spacial score (nSPS) is 28.1. The largest absolute Gasteiger partial charge is 0.390 e. The summed E-state index contributed by atoms with van der Waals surface area (Å²) >= 11 is 0. The van der Waals surface area contributed by atoms with E-state index in [4.69, 9.17) is 0 Å². The van der Waals surface area contributed by atoms with E-state index in [1.54, 1.807) is 11.2 Å². The molecular formula is C11H22N2O3S. The zero-order valence-electron chi connectivity index (χ0n) is 10.4. The molecule has 2 heterocycles. The van der Waals surface area contributed by atoms with Crippen molar-refractivity contribution < 1.29 is 13.5 Å². The Bertz CT molecular complexity index is 351. The molecule has 0 amide bonds. The van der Waals surface area contributed by atoms with Crippen molar-refractivity contribution in [3.05, 3.63) is 0 Å². The molecule has 0 bridgehead atoms. The van der Waals surface area contributed by atoms with Crippen LogP contribution in [0.1, 0.15) is 32.6 Å². The van der Waals surface area contributed by atoms with Crippen LogP contribution in [-0.2, 0) is 10.0 Å². The van der Waals surface area contributed by atoms with Gasteiger partial charge in [0.15, 0.2) is 0 Å². The lowest BCUT2D eigenvalue weighted by molar-refractivity contribution is 0.0123. The minimum atomic E-state index is -3.15. The third-order valence-corrected chi connectivity index (χ3v) is 6.27. The third-order valence-electron chi connectivity index (χ3n) is 3.87. The molecule has 0 spiro atoms. The maximum atomic E-state index is 12.4. The summed E-state index contributed by atoms with van der Waals surface area (Å²) < 4.78 is 26.3. The molecule has 2 N–H and O–H groups in total. The fourth-order valence-corrected chi connectivity index (χ4v) is 4.47. The van der Waals surface area contributed by atoms with Crippen molar-refractivity contribution in [2.75, 3.05) is 26.2 Å². The van der Waals surface area contributed by atoms with E-state index in [0.29, 0.717) is 38.8 Å². The molecule has 17 heavy (non-hydrogen) atoms. The molecule has 2 aliphatic heterocycles. The van der Waals surface area contributed by atoms with Crippen LogP contribution < -0.4 is 5.32 Å². The Kier molecular flexibility index (Phi) is 3.77. The minimum absolute atomic E-state index is 0.230. The van der Waals surface area contributed by atoms with Crippen LogP contribution in [0.25, 0.3) is 0 Å². The van der Waals surface area contributed by atoms with Gasteiger partial charge in [0.05, 0.1) is 10.9 Å². The van der Waals surface area contributed by atoms with Crippen LogP contribution in [0, 0.1) is 0 Å². The summed E-state index contributed by atoms with van der Waals surface area (Å²) in [6.45, 7) is 4.27. The van der Waals surface area contributed by atoms with Gasteiger partial charge in [-0.2, -0.15) is 0 Å². The summed E-state index contributed by atoms with van der Waals surface area (Å²) in [5.41, 5.74) is -0.694. The molecule has 2 aliphatic rings. The highest BCUT2D eigenvalue weighted by atomic mass is 32.2. The van der Waals surface area contributed by atoms with Crippen molar-refractivity contribution in [3.8, 4) is 0 Å². The Morgan fingerprint density at radius 1 is 1.24 bits per heavy atom. The molecule has 0 atom stereocenters. The van der Waals surface area contributed by atoms with Gasteiger partial charge < -0.3 is 10.4 Å². The number of nitrogens with zero attached hydrogens (tertiary/aromatic N) is 1. The number of hydrogen-bond donors (Lipinski definition) is 2. The molecule has 5 nitrogen and oxygen atoms in total. The number of sulfonamides is 1. The lowest BCUT2D eigenvalue weighted by Gasteiger charge is -2.37. The predicted octanol–water partition coefficient (Wildman–Crippen LogP) is -0.0850. The van der Waals surface area contributed by atoms with Gasteiger partial charge in [-0.15, -0.1) is 0 Å². The average Bonchev–Trinajstić information content (AvgIpc) is 2.29. The first-order valence-corrected chi connectivity index (χ1v) is 7.84. The molecule has 2 rings (SSSR count). The molecule has 0 saturated carbocycles. The van der Waals surface area contributed by atoms with E-state index in [1.807, 2.05) is 0 Å². The van der Waals surface area contributed by atoms with E-state index in [9.17, 15) is 13.5 Å². The van der Waals surface area contributed by atoms with Crippen molar-refractivity contribution >= 4 is 10.0 Å². The summed E-state index contributed by atoms with van der Waals surface area (Å²) in [4.78, 5) is 0. The summed E-state index contributed by atoms with van der Waals surface area (Å²) in [6, 6.07) is 0. The smallest absolute Gasteiger partial charge is 0.217 e. The van der Waals surface area contributed by atoms with Gasteiger partial charge in [0.25, 0.3) is 0 Å². The number of piperidine rings is 2. The van der Waals surface area contributed by atoms with Crippen molar-refractivity contribution in [1.29, 1.82) is 0 Å². The van der Waals surface area contributed by atoms with E-state index in [-0.39, 0.29) is 5.25 Å². The molecule has 0 aromatic rings. The Labute approximate surface area is 103 Å². The lowest BCUT2D eigenvalue weighted by atomic mass is 9.95. The van der Waals surface area contributed by atoms with E-state index in [1.165, 1.54) is 0 Å². The first kappa shape index (κ1) is 13.3. The number of nitrogens with one attached hydrogen (secondary N) is 1. The third kappa shape index (κ3) is 2.99. The van der Waals surface area contributed by atoms with Gasteiger partial charge in [0, 0.05) is 13.1 Å². The molecule has 6 heteroatoms. The van der Waals surface area contributed by atoms with Crippen LogP contribution in [0.15, 0.2) is 0 Å². The van der Waals surface area contributed by atoms with Gasteiger partial charge in [-0.3, -0.25) is 0 Å². The molecule has 0 unspecified atom stereocenters. The predicted molar refractivity (Wildman–Crippen MR) is 66.2 cm³/mol. The van der Waals surface area contributed by atoms with Gasteiger partial charge in [0.1, 0.15) is 0 Å². The van der Waals surface area contributed by atoms with Gasteiger partial charge in [-0.25, -0.2) is 12.7 Å². The maximum absolute atomic E-state index is 12.4. The SMILES string of the molecule is CC1(O)CCN(S(=O)(=O)C2CCNCC2)CC1. The highest BCUT2D eigenvalue weighted by molar-refractivity contribution is 7.89. The molecule has 0 aromatic carbocycles.